The summed E-state index contributed by atoms with van der Waals surface area (Å²) in [4.78, 5) is 17.6. The lowest BCUT2D eigenvalue weighted by molar-refractivity contribution is 0.102. The van der Waals surface area contributed by atoms with Gasteiger partial charge in [-0.2, -0.15) is 0 Å². The highest BCUT2D eigenvalue weighted by molar-refractivity contribution is 7.92. The van der Waals surface area contributed by atoms with Gasteiger partial charge in [-0.25, -0.2) is 13.4 Å². The number of para-hydroxylation sites is 2. The van der Waals surface area contributed by atoms with Gasteiger partial charge in [0, 0.05) is 0 Å². The second-order valence-corrected chi connectivity index (χ2v) is 9.77. The topological polar surface area (TPSA) is 88.2 Å². The number of aryl methyl sites for hydroxylation is 2. The van der Waals surface area contributed by atoms with Gasteiger partial charge < -0.3 is 0 Å². The van der Waals surface area contributed by atoms with Crippen LogP contribution in [0.3, 0.4) is 0 Å². The van der Waals surface area contributed by atoms with E-state index in [9.17, 15) is 13.2 Å². The van der Waals surface area contributed by atoms with Crippen molar-refractivity contribution in [2.24, 2.45) is 0 Å². The molecule has 1 heterocycles. The van der Waals surface area contributed by atoms with Gasteiger partial charge in [-0.3, -0.25) is 14.8 Å². The van der Waals surface area contributed by atoms with Gasteiger partial charge in [0.25, 0.3) is 15.9 Å². The zero-order valence-electron chi connectivity index (χ0n) is 17.0. The molecule has 0 radical (unpaired) electrons. The quantitative estimate of drug-likeness (QED) is 0.421. The summed E-state index contributed by atoms with van der Waals surface area (Å²) >= 11 is 1.39. The maximum atomic E-state index is 13.0. The first-order valence-electron chi connectivity index (χ1n) is 9.75. The van der Waals surface area contributed by atoms with Crippen LogP contribution in [0.1, 0.15) is 28.4 Å². The van der Waals surface area contributed by atoms with Crippen LogP contribution >= 0.6 is 11.3 Å². The lowest BCUT2D eigenvalue weighted by atomic mass is 10.1. The van der Waals surface area contributed by atoms with Crippen molar-refractivity contribution in [1.82, 2.24) is 4.98 Å². The summed E-state index contributed by atoms with van der Waals surface area (Å²) < 4.78 is 29.1. The van der Waals surface area contributed by atoms with E-state index in [0.717, 1.165) is 27.8 Å². The summed E-state index contributed by atoms with van der Waals surface area (Å²) in [6, 6.07) is 19.0. The number of thiazole rings is 1. The van der Waals surface area contributed by atoms with Crippen molar-refractivity contribution in [3.63, 3.8) is 0 Å². The van der Waals surface area contributed by atoms with Crippen molar-refractivity contribution in [2.45, 2.75) is 25.2 Å². The van der Waals surface area contributed by atoms with Crippen molar-refractivity contribution < 1.29 is 13.2 Å². The standard InChI is InChI=1S/C23H21N3O3S2/c1-3-16-7-6-10-20-21(16)24-23(30-20)25-22(27)18-8-4-5-9-19(18)26-31(28,29)17-13-11-15(2)12-14-17/h4-14,26H,3H2,1-2H3,(H,24,25,27). The van der Waals surface area contributed by atoms with Gasteiger partial charge in [0.15, 0.2) is 5.13 Å². The van der Waals surface area contributed by atoms with Crippen LogP contribution in [0.15, 0.2) is 71.6 Å². The lowest BCUT2D eigenvalue weighted by Gasteiger charge is -2.12. The van der Waals surface area contributed by atoms with E-state index in [1.807, 2.05) is 25.1 Å². The molecular formula is C23H21N3O3S2. The highest BCUT2D eigenvalue weighted by atomic mass is 32.2. The van der Waals surface area contributed by atoms with Crippen molar-refractivity contribution in [1.29, 1.82) is 0 Å². The number of sulfonamides is 1. The summed E-state index contributed by atoms with van der Waals surface area (Å²) in [5.41, 5.74) is 3.36. The molecule has 0 aliphatic carbocycles. The first-order chi connectivity index (χ1) is 14.9. The number of hydrogen-bond acceptors (Lipinski definition) is 5. The molecule has 0 aliphatic heterocycles. The molecule has 0 saturated carbocycles. The number of aromatic nitrogens is 1. The van der Waals surface area contributed by atoms with Crippen LogP contribution in [-0.2, 0) is 16.4 Å². The number of nitrogens with one attached hydrogen (secondary N) is 2. The molecule has 3 aromatic carbocycles. The first-order valence-corrected chi connectivity index (χ1v) is 12.1. The average Bonchev–Trinajstić information content (AvgIpc) is 3.16. The molecule has 4 rings (SSSR count). The minimum atomic E-state index is -3.83. The molecule has 8 heteroatoms. The fourth-order valence-electron chi connectivity index (χ4n) is 3.20. The van der Waals surface area contributed by atoms with E-state index in [2.05, 4.69) is 21.9 Å². The van der Waals surface area contributed by atoms with Gasteiger partial charge in [0.05, 0.1) is 26.4 Å². The molecule has 1 aromatic heterocycles. The normalized spacial score (nSPS) is 11.4. The van der Waals surface area contributed by atoms with Crippen LogP contribution in [0.4, 0.5) is 10.8 Å². The van der Waals surface area contributed by atoms with E-state index in [1.165, 1.54) is 23.5 Å². The maximum absolute atomic E-state index is 13.0. The second kappa shape index (κ2) is 8.49. The van der Waals surface area contributed by atoms with E-state index in [-0.39, 0.29) is 16.1 Å². The van der Waals surface area contributed by atoms with E-state index < -0.39 is 15.9 Å². The number of fused-ring (bicyclic) bond motifs is 1. The van der Waals surface area contributed by atoms with Crippen LogP contribution in [0.5, 0.6) is 0 Å². The Labute approximate surface area is 185 Å². The Kier molecular flexibility index (Phi) is 5.75. The molecule has 2 N–H and O–H groups in total. The molecule has 0 bridgehead atoms. The zero-order valence-corrected chi connectivity index (χ0v) is 18.7. The molecule has 0 unspecified atom stereocenters. The minimum absolute atomic E-state index is 0.131. The molecule has 31 heavy (non-hydrogen) atoms. The first kappa shape index (κ1) is 21.0. The highest BCUT2D eigenvalue weighted by Crippen LogP contribution is 2.29. The lowest BCUT2D eigenvalue weighted by Crippen LogP contribution is -2.18. The van der Waals surface area contributed by atoms with Crippen molar-refractivity contribution >= 4 is 48.3 Å². The Hall–Kier alpha value is -3.23. The van der Waals surface area contributed by atoms with E-state index in [1.54, 1.807) is 36.4 Å². The molecule has 6 nitrogen and oxygen atoms in total. The van der Waals surface area contributed by atoms with E-state index in [0.29, 0.717) is 5.13 Å². The van der Waals surface area contributed by atoms with Gasteiger partial charge >= 0.3 is 0 Å². The van der Waals surface area contributed by atoms with Gasteiger partial charge in [-0.05, 0) is 49.2 Å². The third-order valence-electron chi connectivity index (χ3n) is 4.85. The van der Waals surface area contributed by atoms with Crippen LogP contribution in [0.25, 0.3) is 10.2 Å². The number of carbonyl (C=O) groups is 1. The largest absolute Gasteiger partial charge is 0.298 e. The number of nitrogens with zero attached hydrogens (tertiary/aromatic N) is 1. The summed E-state index contributed by atoms with van der Waals surface area (Å²) in [7, 11) is -3.83. The number of amides is 1. The Morgan fingerprint density at radius 2 is 1.74 bits per heavy atom. The fourth-order valence-corrected chi connectivity index (χ4v) is 5.19. The molecule has 0 fully saturated rings. The Bertz CT molecular complexity index is 1360. The van der Waals surface area contributed by atoms with E-state index in [4.69, 9.17) is 0 Å². The average molecular weight is 452 g/mol. The Morgan fingerprint density at radius 1 is 1.00 bits per heavy atom. The molecule has 0 saturated heterocycles. The fraction of sp³-hybridized carbons (Fsp3) is 0.130. The molecule has 0 atom stereocenters. The van der Waals surface area contributed by atoms with Gasteiger partial charge in [0.1, 0.15) is 0 Å². The maximum Gasteiger partial charge on any atom is 0.261 e. The SMILES string of the molecule is CCc1cccc2sc(NC(=O)c3ccccc3NS(=O)(=O)c3ccc(C)cc3)nc12. The van der Waals surface area contributed by atoms with Crippen LogP contribution in [0.2, 0.25) is 0 Å². The summed E-state index contributed by atoms with van der Waals surface area (Å²) in [6.45, 7) is 3.94. The van der Waals surface area contributed by atoms with E-state index >= 15 is 0 Å². The molecule has 4 aromatic rings. The summed E-state index contributed by atoms with van der Waals surface area (Å²) in [5, 5.41) is 3.28. The Balaban J connectivity index is 1.61. The summed E-state index contributed by atoms with van der Waals surface area (Å²) in [5.74, 6) is -0.431. The number of anilines is 2. The third kappa shape index (κ3) is 4.45. The number of hydrogen-bond donors (Lipinski definition) is 2. The molecule has 1 amide bonds. The van der Waals surface area contributed by atoms with Crippen molar-refractivity contribution in [3.8, 4) is 0 Å². The smallest absolute Gasteiger partial charge is 0.261 e. The molecule has 158 valence electrons. The van der Waals surface area contributed by atoms with Crippen molar-refractivity contribution in [3.05, 3.63) is 83.4 Å². The molecule has 0 spiro atoms. The summed E-state index contributed by atoms with van der Waals surface area (Å²) in [6.07, 6.45) is 0.845. The van der Waals surface area contributed by atoms with Crippen LogP contribution in [-0.4, -0.2) is 19.3 Å². The number of rotatable bonds is 6. The second-order valence-electron chi connectivity index (χ2n) is 7.05. The third-order valence-corrected chi connectivity index (χ3v) is 7.17. The van der Waals surface area contributed by atoms with Crippen molar-refractivity contribution in [2.75, 3.05) is 10.0 Å². The predicted octanol–water partition coefficient (Wildman–Crippen LogP) is 5.22. The monoisotopic (exact) mass is 451 g/mol. The number of carbonyl (C=O) groups excluding carboxylic acids is 1. The Morgan fingerprint density at radius 3 is 2.48 bits per heavy atom. The molecular weight excluding hydrogens is 430 g/mol. The van der Waals surface area contributed by atoms with Crippen LogP contribution < -0.4 is 10.0 Å². The van der Waals surface area contributed by atoms with Gasteiger partial charge in [-0.15, -0.1) is 0 Å². The van der Waals surface area contributed by atoms with Gasteiger partial charge in [-0.1, -0.05) is 60.2 Å². The van der Waals surface area contributed by atoms with Gasteiger partial charge in [0.2, 0.25) is 0 Å². The molecule has 0 aliphatic rings. The predicted molar refractivity (Wildman–Crippen MR) is 125 cm³/mol. The minimum Gasteiger partial charge on any atom is -0.298 e. The number of benzene rings is 3. The zero-order chi connectivity index (χ0) is 22.0. The highest BCUT2D eigenvalue weighted by Gasteiger charge is 2.19. The van der Waals surface area contributed by atoms with Crippen LogP contribution in [0, 0.1) is 6.92 Å².